The summed E-state index contributed by atoms with van der Waals surface area (Å²) in [6.45, 7) is 4.58. The van der Waals surface area contributed by atoms with Crippen molar-refractivity contribution >= 4 is 34.2 Å². The summed E-state index contributed by atoms with van der Waals surface area (Å²) in [6.07, 6.45) is 1.45. The van der Waals surface area contributed by atoms with Gasteiger partial charge in [0.25, 0.3) is 5.91 Å². The molecule has 4 rings (SSSR count). The zero-order valence-corrected chi connectivity index (χ0v) is 19.1. The van der Waals surface area contributed by atoms with E-state index < -0.39 is 6.04 Å². The van der Waals surface area contributed by atoms with Gasteiger partial charge < -0.3 is 10.2 Å². The summed E-state index contributed by atoms with van der Waals surface area (Å²) in [5.41, 5.74) is 2.44. The van der Waals surface area contributed by atoms with Crippen molar-refractivity contribution in [3.63, 3.8) is 0 Å². The van der Waals surface area contributed by atoms with Gasteiger partial charge in [-0.3, -0.25) is 19.3 Å². The van der Waals surface area contributed by atoms with E-state index in [4.69, 9.17) is 0 Å². The van der Waals surface area contributed by atoms with Crippen LogP contribution in [0.15, 0.2) is 66.7 Å². The van der Waals surface area contributed by atoms with E-state index in [0.29, 0.717) is 25.1 Å². The number of rotatable bonds is 9. The molecule has 3 aromatic carbocycles. The monoisotopic (exact) mass is 443 g/mol. The maximum atomic E-state index is 13.5. The van der Waals surface area contributed by atoms with Gasteiger partial charge in [-0.05, 0) is 42.8 Å². The van der Waals surface area contributed by atoms with Crippen molar-refractivity contribution < 1.29 is 14.4 Å². The van der Waals surface area contributed by atoms with Crippen LogP contribution < -0.4 is 10.2 Å². The van der Waals surface area contributed by atoms with Crippen molar-refractivity contribution in [2.24, 2.45) is 0 Å². The van der Waals surface area contributed by atoms with Crippen LogP contribution >= 0.6 is 0 Å². The highest BCUT2D eigenvalue weighted by Gasteiger charge is 2.34. The van der Waals surface area contributed by atoms with Gasteiger partial charge in [0, 0.05) is 24.0 Å². The van der Waals surface area contributed by atoms with Gasteiger partial charge in [0.05, 0.1) is 5.69 Å². The Morgan fingerprint density at radius 1 is 1.00 bits per heavy atom. The average molecular weight is 444 g/mol. The zero-order chi connectivity index (χ0) is 23.4. The first-order chi connectivity index (χ1) is 16.0. The second-order valence-electron chi connectivity index (χ2n) is 8.36. The summed E-state index contributed by atoms with van der Waals surface area (Å²) in [5, 5.41) is 4.74. The maximum absolute atomic E-state index is 13.5. The van der Waals surface area contributed by atoms with Crippen LogP contribution in [0.2, 0.25) is 0 Å². The van der Waals surface area contributed by atoms with Gasteiger partial charge in [0.1, 0.15) is 12.6 Å². The lowest BCUT2D eigenvalue weighted by molar-refractivity contribution is -0.138. The van der Waals surface area contributed by atoms with Gasteiger partial charge in [0.15, 0.2) is 0 Å². The minimum atomic E-state index is -0.636. The molecule has 3 amide bonds. The zero-order valence-electron chi connectivity index (χ0n) is 19.1. The Labute approximate surface area is 194 Å². The molecule has 170 valence electrons. The van der Waals surface area contributed by atoms with E-state index >= 15 is 0 Å². The number of carbonyl (C=O) groups excluding carboxylic acids is 3. The Morgan fingerprint density at radius 3 is 2.45 bits per heavy atom. The van der Waals surface area contributed by atoms with E-state index in [-0.39, 0.29) is 24.3 Å². The third-order valence-corrected chi connectivity index (χ3v) is 6.14. The molecule has 0 unspecified atom stereocenters. The number of benzene rings is 3. The minimum absolute atomic E-state index is 0.104. The Morgan fingerprint density at radius 2 is 1.73 bits per heavy atom. The maximum Gasteiger partial charge on any atom is 0.259 e. The van der Waals surface area contributed by atoms with Gasteiger partial charge in [0.2, 0.25) is 11.8 Å². The second kappa shape index (κ2) is 9.86. The van der Waals surface area contributed by atoms with Crippen LogP contribution in [0, 0.1) is 0 Å². The molecule has 0 aromatic heterocycles. The van der Waals surface area contributed by atoms with Crippen molar-refractivity contribution in [2.75, 3.05) is 24.5 Å². The van der Waals surface area contributed by atoms with E-state index in [2.05, 4.69) is 5.32 Å². The third-order valence-electron chi connectivity index (χ3n) is 6.14. The van der Waals surface area contributed by atoms with Crippen molar-refractivity contribution in [1.82, 2.24) is 10.2 Å². The quantitative estimate of drug-likeness (QED) is 0.547. The van der Waals surface area contributed by atoms with E-state index in [9.17, 15) is 14.4 Å². The smallest absolute Gasteiger partial charge is 0.259 e. The van der Waals surface area contributed by atoms with Gasteiger partial charge in [-0.25, -0.2) is 0 Å². The molecule has 33 heavy (non-hydrogen) atoms. The van der Waals surface area contributed by atoms with E-state index in [1.807, 2.05) is 67.6 Å². The van der Waals surface area contributed by atoms with Crippen molar-refractivity contribution in [1.29, 1.82) is 0 Å². The van der Waals surface area contributed by atoms with Crippen LogP contribution in [-0.4, -0.2) is 48.3 Å². The molecule has 0 aliphatic carbocycles. The molecule has 3 aromatic rings. The first-order valence-electron chi connectivity index (χ1n) is 11.5. The van der Waals surface area contributed by atoms with Crippen LogP contribution in [0.25, 0.3) is 10.8 Å². The molecule has 1 heterocycles. The highest BCUT2D eigenvalue weighted by molar-refractivity contribution is 6.26. The van der Waals surface area contributed by atoms with Crippen molar-refractivity contribution in [3.8, 4) is 0 Å². The number of carbonyl (C=O) groups is 3. The number of nitrogens with one attached hydrogen (secondary N) is 1. The van der Waals surface area contributed by atoms with Gasteiger partial charge >= 0.3 is 0 Å². The first kappa shape index (κ1) is 22.5. The molecule has 0 bridgehead atoms. The molecule has 1 aliphatic heterocycles. The molecule has 6 nitrogen and oxygen atoms in total. The highest BCUT2D eigenvalue weighted by atomic mass is 16.2. The Kier molecular flexibility index (Phi) is 6.73. The topological polar surface area (TPSA) is 69.7 Å². The van der Waals surface area contributed by atoms with Crippen LogP contribution in [0.4, 0.5) is 5.69 Å². The molecule has 1 N–H and O–H groups in total. The van der Waals surface area contributed by atoms with E-state index in [1.54, 1.807) is 17.9 Å². The molecule has 1 aliphatic rings. The average Bonchev–Trinajstić information content (AvgIpc) is 3.11. The molecule has 6 heteroatoms. The number of nitrogens with zero attached hydrogens (tertiary/aromatic N) is 2. The molecular formula is C27H29N3O3. The van der Waals surface area contributed by atoms with E-state index in [1.165, 1.54) is 4.90 Å². The summed E-state index contributed by atoms with van der Waals surface area (Å²) >= 11 is 0. The molecule has 0 saturated heterocycles. The molecule has 0 radical (unpaired) electrons. The van der Waals surface area contributed by atoms with Gasteiger partial charge in [-0.15, -0.1) is 0 Å². The van der Waals surface area contributed by atoms with Crippen LogP contribution in [-0.2, 0) is 16.0 Å². The SMILES string of the molecule is CCCNC(=O)[C@H](C)N(CCc1ccccc1)C(=O)CN1C(=O)c2cccc3cccc1c23. The third kappa shape index (κ3) is 4.60. The highest BCUT2D eigenvalue weighted by Crippen LogP contribution is 2.37. The Hall–Kier alpha value is -3.67. The lowest BCUT2D eigenvalue weighted by Gasteiger charge is -2.30. The fourth-order valence-corrected chi connectivity index (χ4v) is 4.33. The fraction of sp³-hybridized carbons (Fsp3) is 0.296. The number of anilines is 1. The van der Waals surface area contributed by atoms with Crippen LogP contribution in [0.3, 0.4) is 0 Å². The molecule has 0 saturated carbocycles. The summed E-state index contributed by atoms with van der Waals surface area (Å²) < 4.78 is 0. The second-order valence-corrected chi connectivity index (χ2v) is 8.36. The predicted molar refractivity (Wildman–Crippen MR) is 130 cm³/mol. The molecule has 0 spiro atoms. The van der Waals surface area contributed by atoms with Crippen LogP contribution in [0.1, 0.15) is 36.2 Å². The molecule has 1 atom stereocenters. The largest absolute Gasteiger partial charge is 0.354 e. The lowest BCUT2D eigenvalue weighted by Crippen LogP contribution is -2.52. The van der Waals surface area contributed by atoms with Crippen LogP contribution in [0.5, 0.6) is 0 Å². The van der Waals surface area contributed by atoms with E-state index in [0.717, 1.165) is 28.4 Å². The lowest BCUT2D eigenvalue weighted by atomic mass is 10.1. The standard InChI is InChI=1S/C27H29N3O3/c1-3-16-28-26(32)19(2)29(17-15-20-9-5-4-6-10-20)24(31)18-30-23-14-8-12-21-11-7-13-22(25(21)23)27(30)33/h4-14,19H,3,15-18H2,1-2H3,(H,28,32)/t19-/m0/s1. The molecular weight excluding hydrogens is 414 g/mol. The minimum Gasteiger partial charge on any atom is -0.354 e. The first-order valence-corrected chi connectivity index (χ1v) is 11.5. The Bertz CT molecular complexity index is 1170. The summed E-state index contributed by atoms with van der Waals surface area (Å²) in [7, 11) is 0. The van der Waals surface area contributed by atoms with Crippen molar-refractivity contribution in [3.05, 3.63) is 77.9 Å². The Balaban J connectivity index is 1.56. The van der Waals surface area contributed by atoms with Gasteiger partial charge in [-0.1, -0.05) is 61.5 Å². The summed E-state index contributed by atoms with van der Waals surface area (Å²) in [6, 6.07) is 20.6. The summed E-state index contributed by atoms with van der Waals surface area (Å²) in [4.78, 5) is 42.5. The van der Waals surface area contributed by atoms with Crippen molar-refractivity contribution in [2.45, 2.75) is 32.7 Å². The predicted octanol–water partition coefficient (Wildman–Crippen LogP) is 3.79. The molecule has 0 fully saturated rings. The fourth-order valence-electron chi connectivity index (χ4n) is 4.33. The van der Waals surface area contributed by atoms with Gasteiger partial charge in [-0.2, -0.15) is 0 Å². The number of hydrogen-bond acceptors (Lipinski definition) is 3. The normalized spacial score (nSPS) is 13.3. The summed E-state index contributed by atoms with van der Waals surface area (Å²) in [5.74, 6) is -0.610. The number of amides is 3. The number of hydrogen-bond donors (Lipinski definition) is 1.